The minimum absolute atomic E-state index is 0.285. The average Bonchev–Trinajstić information content (AvgIpc) is 2.39. The Morgan fingerprint density at radius 2 is 2.24 bits per heavy atom. The van der Waals surface area contributed by atoms with Gasteiger partial charge in [0.15, 0.2) is 0 Å². The van der Waals surface area contributed by atoms with E-state index in [1.807, 2.05) is 30.3 Å². The second-order valence-corrected chi connectivity index (χ2v) is 3.91. The number of benzene rings is 1. The molecule has 0 spiro atoms. The molecule has 0 aromatic heterocycles. The Balaban J connectivity index is 3.03. The highest BCUT2D eigenvalue weighted by atomic mass is 32.1. The van der Waals surface area contributed by atoms with E-state index < -0.39 is 0 Å². The van der Waals surface area contributed by atoms with E-state index in [2.05, 4.69) is 17.1 Å². The van der Waals surface area contributed by atoms with Crippen molar-refractivity contribution in [2.45, 2.75) is 6.04 Å². The van der Waals surface area contributed by atoms with E-state index in [4.69, 9.17) is 5.21 Å². The van der Waals surface area contributed by atoms with Crippen molar-refractivity contribution in [3.63, 3.8) is 0 Å². The first kappa shape index (κ1) is 13.3. The van der Waals surface area contributed by atoms with Gasteiger partial charge in [-0.3, -0.25) is 0 Å². The van der Waals surface area contributed by atoms with Crippen molar-refractivity contribution in [3.05, 3.63) is 48.6 Å². The molecule has 1 atom stereocenters. The highest BCUT2D eigenvalue weighted by molar-refractivity contribution is 7.68. The predicted molar refractivity (Wildman–Crippen MR) is 70.8 cm³/mol. The van der Waals surface area contributed by atoms with Gasteiger partial charge in [-0.2, -0.15) is 0 Å². The summed E-state index contributed by atoms with van der Waals surface area (Å²) in [5.41, 5.74) is 0.938. The monoisotopic (exact) mass is 250 g/mol. The van der Waals surface area contributed by atoms with E-state index in [1.54, 1.807) is 6.08 Å². The highest BCUT2D eigenvalue weighted by Gasteiger charge is 2.15. The Morgan fingerprint density at radius 1 is 1.53 bits per heavy atom. The molecule has 4 nitrogen and oxygen atoms in total. The highest BCUT2D eigenvalue weighted by Crippen LogP contribution is 2.13. The Bertz CT molecular complexity index is 439. The van der Waals surface area contributed by atoms with Crippen molar-refractivity contribution < 1.29 is 9.42 Å². The Labute approximate surface area is 104 Å². The molecule has 0 fully saturated rings. The fourth-order valence-electron chi connectivity index (χ4n) is 1.43. The molecule has 1 rings (SSSR count). The standard InChI is InChI=1S/C12H14N2O2S/c1-2-8-13-12(11(17-16)9-14-15)10-6-4-3-5-7-10/h2-7,9,12-13,15H,1,8H2/b14-9+. The number of hydrogen-bond donors (Lipinski definition) is 2. The van der Waals surface area contributed by atoms with Crippen LogP contribution in [0.1, 0.15) is 11.6 Å². The second kappa shape index (κ2) is 7.54. The molecule has 0 aliphatic rings. The average molecular weight is 250 g/mol. The predicted octanol–water partition coefficient (Wildman–Crippen LogP) is 1.35. The summed E-state index contributed by atoms with van der Waals surface area (Å²) in [4.78, 5) is 0.403. The molecule has 5 heteroatoms. The summed E-state index contributed by atoms with van der Waals surface area (Å²) >= 11 is 0.308. The van der Waals surface area contributed by atoms with Crippen molar-refractivity contribution in [2.75, 3.05) is 6.54 Å². The third-order valence-electron chi connectivity index (χ3n) is 2.16. The SMILES string of the molecule is C=CCNC(C(/C=N/O)=S=O)c1ccccc1. The molecule has 0 amide bonds. The first-order valence-electron chi connectivity index (χ1n) is 5.06. The van der Waals surface area contributed by atoms with Gasteiger partial charge in [0, 0.05) is 6.54 Å². The van der Waals surface area contributed by atoms with Crippen LogP contribution in [-0.4, -0.2) is 27.0 Å². The Morgan fingerprint density at radius 3 is 2.76 bits per heavy atom. The maximum Gasteiger partial charge on any atom is 0.0958 e. The van der Waals surface area contributed by atoms with Gasteiger partial charge in [-0.25, -0.2) is 4.21 Å². The summed E-state index contributed by atoms with van der Waals surface area (Å²) in [6.07, 6.45) is 2.87. The van der Waals surface area contributed by atoms with E-state index in [0.29, 0.717) is 22.7 Å². The fraction of sp³-hybridized carbons (Fsp3) is 0.167. The molecule has 0 saturated carbocycles. The molecule has 0 saturated heterocycles. The van der Waals surface area contributed by atoms with Gasteiger partial charge >= 0.3 is 0 Å². The van der Waals surface area contributed by atoms with E-state index >= 15 is 0 Å². The summed E-state index contributed by atoms with van der Waals surface area (Å²) in [5.74, 6) is 0. The molecule has 17 heavy (non-hydrogen) atoms. The van der Waals surface area contributed by atoms with E-state index in [-0.39, 0.29) is 6.04 Å². The minimum Gasteiger partial charge on any atom is -0.411 e. The molecular formula is C12H14N2O2S. The summed E-state index contributed by atoms with van der Waals surface area (Å²) < 4.78 is 11.0. The van der Waals surface area contributed by atoms with Crippen molar-refractivity contribution in [1.29, 1.82) is 0 Å². The fourth-order valence-corrected chi connectivity index (χ4v) is 1.84. The first-order valence-corrected chi connectivity index (χ1v) is 5.81. The second-order valence-electron chi connectivity index (χ2n) is 3.27. The van der Waals surface area contributed by atoms with Gasteiger partial charge in [0.2, 0.25) is 0 Å². The topological polar surface area (TPSA) is 61.7 Å². The van der Waals surface area contributed by atoms with Gasteiger partial charge in [0.05, 0.1) is 28.4 Å². The van der Waals surface area contributed by atoms with Crippen LogP contribution in [0.4, 0.5) is 0 Å². The van der Waals surface area contributed by atoms with Crippen molar-refractivity contribution in [3.8, 4) is 0 Å². The Kier molecular flexibility index (Phi) is 5.92. The van der Waals surface area contributed by atoms with Crippen molar-refractivity contribution >= 4 is 22.3 Å². The number of oxime groups is 1. The molecular weight excluding hydrogens is 236 g/mol. The lowest BCUT2D eigenvalue weighted by atomic mass is 10.0. The van der Waals surface area contributed by atoms with Gasteiger partial charge in [0.1, 0.15) is 0 Å². The van der Waals surface area contributed by atoms with E-state index in [9.17, 15) is 4.21 Å². The lowest BCUT2D eigenvalue weighted by molar-refractivity contribution is 0.322. The van der Waals surface area contributed by atoms with Crippen LogP contribution in [0.15, 0.2) is 48.1 Å². The normalized spacial score (nSPS) is 12.2. The van der Waals surface area contributed by atoms with Crippen LogP contribution in [0.2, 0.25) is 0 Å². The van der Waals surface area contributed by atoms with Crippen LogP contribution in [0, 0.1) is 0 Å². The molecule has 0 heterocycles. The molecule has 1 aromatic carbocycles. The van der Waals surface area contributed by atoms with Gasteiger partial charge in [-0.05, 0) is 5.56 Å². The molecule has 90 valence electrons. The summed E-state index contributed by atoms with van der Waals surface area (Å²) in [5, 5.41) is 14.6. The van der Waals surface area contributed by atoms with E-state index in [1.165, 1.54) is 0 Å². The first-order chi connectivity index (χ1) is 8.33. The van der Waals surface area contributed by atoms with Gasteiger partial charge in [-0.1, -0.05) is 41.6 Å². The number of nitrogens with zero attached hydrogens (tertiary/aromatic N) is 1. The van der Waals surface area contributed by atoms with E-state index in [0.717, 1.165) is 11.8 Å². The number of nitrogens with one attached hydrogen (secondary N) is 1. The molecule has 0 radical (unpaired) electrons. The zero-order chi connectivity index (χ0) is 12.5. The van der Waals surface area contributed by atoms with Gasteiger partial charge in [-0.15, -0.1) is 6.58 Å². The molecule has 0 bridgehead atoms. The lowest BCUT2D eigenvalue weighted by Crippen LogP contribution is -2.29. The largest absolute Gasteiger partial charge is 0.411 e. The minimum atomic E-state index is -0.285. The molecule has 2 N–H and O–H groups in total. The van der Waals surface area contributed by atoms with Crippen LogP contribution < -0.4 is 5.32 Å². The molecule has 0 aliphatic heterocycles. The van der Waals surface area contributed by atoms with Gasteiger partial charge in [0.25, 0.3) is 0 Å². The summed E-state index contributed by atoms with van der Waals surface area (Å²) in [6, 6.07) is 9.21. The summed E-state index contributed by atoms with van der Waals surface area (Å²) in [6.45, 7) is 4.18. The van der Waals surface area contributed by atoms with Crippen molar-refractivity contribution in [1.82, 2.24) is 5.32 Å². The molecule has 1 aromatic rings. The zero-order valence-corrected chi connectivity index (χ0v) is 10.1. The third-order valence-corrected chi connectivity index (χ3v) is 2.70. The maximum absolute atomic E-state index is 11.0. The summed E-state index contributed by atoms with van der Waals surface area (Å²) in [7, 11) is 0. The van der Waals surface area contributed by atoms with Crippen LogP contribution in [-0.2, 0) is 11.3 Å². The number of hydrogen-bond acceptors (Lipinski definition) is 4. The number of rotatable bonds is 6. The van der Waals surface area contributed by atoms with Crippen LogP contribution in [0.3, 0.4) is 0 Å². The lowest BCUT2D eigenvalue weighted by Gasteiger charge is -2.16. The smallest absolute Gasteiger partial charge is 0.0958 e. The van der Waals surface area contributed by atoms with Gasteiger partial charge < -0.3 is 10.5 Å². The maximum atomic E-state index is 11.0. The van der Waals surface area contributed by atoms with Crippen LogP contribution >= 0.6 is 0 Å². The van der Waals surface area contributed by atoms with Crippen LogP contribution in [0.5, 0.6) is 0 Å². The van der Waals surface area contributed by atoms with Crippen molar-refractivity contribution in [2.24, 2.45) is 5.16 Å². The third kappa shape index (κ3) is 3.97. The molecule has 1 unspecified atom stereocenters. The molecule has 0 aliphatic carbocycles. The quantitative estimate of drug-likeness (QED) is 0.263. The Hall–Kier alpha value is -1.72. The zero-order valence-electron chi connectivity index (χ0n) is 9.24. The van der Waals surface area contributed by atoms with Crippen LogP contribution in [0.25, 0.3) is 0 Å².